The SMILES string of the molecule is [2H]C([2H])([2H])N(C(=O)c1nnn2cc(Cl)ccc12)[C@@H](CCCC)C(=O)N1C[C@]2(C[C@H]1[N+]#[C-])C(=O)Nc1ccccc12. The van der Waals surface area contributed by atoms with E-state index in [1.54, 1.807) is 24.3 Å². The maximum Gasteiger partial charge on any atom is 0.302 e. The second-order valence-corrected chi connectivity index (χ2v) is 9.75. The van der Waals surface area contributed by atoms with Gasteiger partial charge in [-0.25, -0.2) is 11.1 Å². The molecule has 11 heteroatoms. The van der Waals surface area contributed by atoms with Crippen LogP contribution in [0.25, 0.3) is 10.4 Å². The zero-order chi connectivity index (χ0) is 28.8. The van der Waals surface area contributed by atoms with Crippen molar-refractivity contribution in [3.63, 3.8) is 0 Å². The molecule has 2 aliphatic heterocycles. The number of fused-ring (bicyclic) bond motifs is 3. The average molecular weight is 523 g/mol. The maximum absolute atomic E-state index is 14.2. The molecule has 3 amide bonds. The number of halogens is 1. The standard InChI is InChI=1S/C26H26ClN7O3/c1-4-5-10-20(32(3)24(36)22-19-12-11-16(27)14-34(19)31-30-22)23(35)33-15-26(13-21(33)28-2)17-8-6-7-9-18(17)29-25(26)37/h6-9,11-12,14,20-21H,4-5,10,13,15H2,1,3H3,(H,29,37)/t20-,21-,26-/m0/s1/i3D3. The third-order valence-corrected chi connectivity index (χ3v) is 7.34. The number of likely N-dealkylation sites (tertiary alicyclic amines) is 1. The van der Waals surface area contributed by atoms with E-state index in [-0.39, 0.29) is 36.5 Å². The van der Waals surface area contributed by atoms with E-state index in [0.717, 1.165) is 0 Å². The van der Waals surface area contributed by atoms with Crippen molar-refractivity contribution in [1.29, 1.82) is 0 Å². The minimum Gasteiger partial charge on any atom is -0.328 e. The van der Waals surface area contributed by atoms with Crippen LogP contribution in [-0.4, -0.2) is 68.1 Å². The lowest BCUT2D eigenvalue weighted by atomic mass is 9.80. The van der Waals surface area contributed by atoms with E-state index in [2.05, 4.69) is 20.5 Å². The quantitative estimate of drug-likeness (QED) is 0.500. The number of rotatable bonds is 6. The topological polar surface area (TPSA) is 104 Å². The first-order chi connectivity index (χ1) is 19.0. The van der Waals surface area contributed by atoms with Crippen LogP contribution < -0.4 is 5.32 Å². The number of hydrogen-bond acceptors (Lipinski definition) is 5. The highest BCUT2D eigenvalue weighted by molar-refractivity contribution is 6.30. The van der Waals surface area contributed by atoms with E-state index in [0.29, 0.717) is 34.0 Å². The van der Waals surface area contributed by atoms with Crippen LogP contribution in [0.3, 0.4) is 0 Å². The van der Waals surface area contributed by atoms with Crippen molar-refractivity contribution in [2.75, 3.05) is 18.8 Å². The first-order valence-corrected chi connectivity index (χ1v) is 12.3. The van der Waals surface area contributed by atoms with Gasteiger partial charge in [0.05, 0.1) is 17.0 Å². The van der Waals surface area contributed by atoms with Gasteiger partial charge in [0.2, 0.25) is 5.91 Å². The molecule has 1 fully saturated rings. The molecule has 4 heterocycles. The molecule has 190 valence electrons. The Hall–Kier alpha value is -3.97. The molecule has 1 aromatic carbocycles. The fraction of sp³-hybridized carbons (Fsp3) is 0.385. The second kappa shape index (κ2) is 9.48. The molecule has 0 aliphatic carbocycles. The van der Waals surface area contributed by atoms with Crippen molar-refractivity contribution in [2.24, 2.45) is 0 Å². The molecule has 3 atom stereocenters. The summed E-state index contributed by atoms with van der Waals surface area (Å²) in [6.45, 7) is 6.56. The van der Waals surface area contributed by atoms with Gasteiger partial charge in [-0.15, -0.1) is 5.10 Å². The van der Waals surface area contributed by atoms with Gasteiger partial charge in [-0.1, -0.05) is 54.8 Å². The fourth-order valence-corrected chi connectivity index (χ4v) is 5.34. The van der Waals surface area contributed by atoms with Crippen molar-refractivity contribution in [2.45, 2.75) is 50.2 Å². The molecule has 3 aromatic rings. The normalized spacial score (nSPS) is 22.6. The van der Waals surface area contributed by atoms with Gasteiger partial charge in [0.1, 0.15) is 11.5 Å². The largest absolute Gasteiger partial charge is 0.328 e. The number of nitrogens with zero attached hydrogens (tertiary/aromatic N) is 6. The van der Waals surface area contributed by atoms with Crippen molar-refractivity contribution in [3.05, 3.63) is 70.3 Å². The molecule has 2 aliphatic rings. The highest BCUT2D eigenvalue weighted by Crippen LogP contribution is 2.47. The molecule has 10 nitrogen and oxygen atoms in total. The van der Waals surface area contributed by atoms with Crippen LogP contribution in [0, 0.1) is 6.57 Å². The van der Waals surface area contributed by atoms with E-state index in [4.69, 9.17) is 22.3 Å². The molecular weight excluding hydrogens is 494 g/mol. The molecule has 1 N–H and O–H groups in total. The van der Waals surface area contributed by atoms with Crippen LogP contribution in [0.1, 0.15) is 52.8 Å². The Morgan fingerprint density at radius 2 is 2.19 bits per heavy atom. The van der Waals surface area contributed by atoms with E-state index in [9.17, 15) is 14.4 Å². The van der Waals surface area contributed by atoms with Crippen molar-refractivity contribution < 1.29 is 18.5 Å². The Morgan fingerprint density at radius 1 is 1.38 bits per heavy atom. The summed E-state index contributed by atoms with van der Waals surface area (Å²) >= 11 is 6.01. The third-order valence-electron chi connectivity index (χ3n) is 7.11. The van der Waals surface area contributed by atoms with Gasteiger partial charge < -0.3 is 10.2 Å². The smallest absolute Gasteiger partial charge is 0.302 e. The molecule has 1 spiro atoms. The molecule has 5 rings (SSSR count). The number of pyridine rings is 1. The summed E-state index contributed by atoms with van der Waals surface area (Å²) < 4.78 is 26.0. The Bertz CT molecular complexity index is 1550. The number of unbranched alkanes of at least 4 members (excludes halogenated alkanes) is 1. The Balaban J connectivity index is 1.54. The van der Waals surface area contributed by atoms with Crippen LogP contribution in [0.5, 0.6) is 0 Å². The highest BCUT2D eigenvalue weighted by atomic mass is 35.5. The number of carbonyl (C=O) groups excluding carboxylic acids is 3. The number of hydrogen-bond donors (Lipinski definition) is 1. The number of anilines is 1. The highest BCUT2D eigenvalue weighted by Gasteiger charge is 2.59. The van der Waals surface area contributed by atoms with E-state index >= 15 is 0 Å². The summed E-state index contributed by atoms with van der Waals surface area (Å²) in [6.07, 6.45) is 1.59. The van der Waals surface area contributed by atoms with E-state index in [1.165, 1.54) is 27.7 Å². The molecule has 0 radical (unpaired) electrons. The summed E-state index contributed by atoms with van der Waals surface area (Å²) in [6, 6.07) is 8.70. The Kier molecular flexibility index (Phi) is 5.42. The van der Waals surface area contributed by atoms with Crippen LogP contribution in [0.4, 0.5) is 5.69 Å². The lowest BCUT2D eigenvalue weighted by Gasteiger charge is -2.31. The average Bonchev–Trinajstić information content (AvgIpc) is 3.59. The number of likely N-dealkylation sites (N-methyl/N-ethyl adjacent to an activating group) is 1. The van der Waals surface area contributed by atoms with Gasteiger partial charge in [0.15, 0.2) is 5.69 Å². The molecular formula is C26H26ClN7O3. The summed E-state index contributed by atoms with van der Waals surface area (Å²) in [5.41, 5.74) is 0.141. The summed E-state index contributed by atoms with van der Waals surface area (Å²) in [5, 5.41) is 11.0. The van der Waals surface area contributed by atoms with Crippen LogP contribution >= 0.6 is 11.6 Å². The lowest BCUT2D eigenvalue weighted by Crippen LogP contribution is -2.51. The predicted molar refractivity (Wildman–Crippen MR) is 137 cm³/mol. The third kappa shape index (κ3) is 4.00. The van der Waals surface area contributed by atoms with Crippen LogP contribution in [-0.2, 0) is 15.0 Å². The van der Waals surface area contributed by atoms with Crippen LogP contribution in [0.2, 0.25) is 5.02 Å². The van der Waals surface area contributed by atoms with Gasteiger partial charge in [0, 0.05) is 29.5 Å². The lowest BCUT2D eigenvalue weighted by molar-refractivity contribution is -0.136. The van der Waals surface area contributed by atoms with Gasteiger partial charge in [-0.2, -0.15) is 0 Å². The molecule has 0 unspecified atom stereocenters. The minimum absolute atomic E-state index is 0.0432. The van der Waals surface area contributed by atoms with Gasteiger partial charge >= 0.3 is 6.17 Å². The summed E-state index contributed by atoms with van der Waals surface area (Å²) in [4.78, 5) is 46.7. The first-order valence-electron chi connectivity index (χ1n) is 13.4. The van der Waals surface area contributed by atoms with Crippen molar-refractivity contribution in [3.8, 4) is 0 Å². The van der Waals surface area contributed by atoms with Crippen molar-refractivity contribution in [1.82, 2.24) is 24.6 Å². The Labute approximate surface area is 223 Å². The van der Waals surface area contributed by atoms with Gasteiger partial charge in [-0.3, -0.25) is 24.1 Å². The molecule has 1 saturated heterocycles. The zero-order valence-corrected chi connectivity index (χ0v) is 20.8. The number of amides is 3. The monoisotopic (exact) mass is 522 g/mol. The second-order valence-electron chi connectivity index (χ2n) is 9.31. The molecule has 0 saturated carbocycles. The predicted octanol–water partition coefficient (Wildman–Crippen LogP) is 3.38. The minimum atomic E-state index is -3.02. The summed E-state index contributed by atoms with van der Waals surface area (Å²) in [5.74, 6) is -2.02. The number of benzene rings is 1. The number of para-hydroxylation sites is 1. The number of carbonyl (C=O) groups is 3. The zero-order valence-electron chi connectivity index (χ0n) is 23.0. The first kappa shape index (κ1) is 21.1. The molecule has 37 heavy (non-hydrogen) atoms. The number of aromatic nitrogens is 3. The number of nitrogens with one attached hydrogen (secondary N) is 1. The maximum atomic E-state index is 14.2. The molecule has 2 aromatic heterocycles. The van der Waals surface area contributed by atoms with E-state index < -0.39 is 36.4 Å². The van der Waals surface area contributed by atoms with Crippen molar-refractivity contribution >= 4 is 40.5 Å². The van der Waals surface area contributed by atoms with Crippen LogP contribution in [0.15, 0.2) is 42.6 Å². The summed E-state index contributed by atoms with van der Waals surface area (Å²) in [7, 11) is 0. The van der Waals surface area contributed by atoms with Gasteiger partial charge in [-0.05, 0) is 30.2 Å². The Morgan fingerprint density at radius 3 is 2.95 bits per heavy atom. The molecule has 0 bridgehead atoms. The fourth-order valence-electron chi connectivity index (χ4n) is 5.19. The van der Waals surface area contributed by atoms with Gasteiger partial charge in [0.25, 0.3) is 11.8 Å². The van der Waals surface area contributed by atoms with E-state index in [1.807, 2.05) is 6.92 Å².